The van der Waals surface area contributed by atoms with Crippen LogP contribution in [-0.4, -0.2) is 42.2 Å². The van der Waals surface area contributed by atoms with Crippen molar-refractivity contribution < 1.29 is 19.1 Å². The second-order valence-corrected chi connectivity index (χ2v) is 6.29. The lowest BCUT2D eigenvalue weighted by Gasteiger charge is -2.23. The molecule has 0 radical (unpaired) electrons. The molecule has 0 saturated carbocycles. The van der Waals surface area contributed by atoms with Crippen LogP contribution in [0.5, 0.6) is 0 Å². The Labute approximate surface area is 104 Å². The molecular formula is C10H16O4S2. The van der Waals surface area contributed by atoms with Crippen molar-refractivity contribution in [2.75, 3.05) is 25.7 Å². The Morgan fingerprint density at radius 2 is 1.56 bits per heavy atom. The van der Waals surface area contributed by atoms with Gasteiger partial charge in [0.15, 0.2) is 5.92 Å². The maximum atomic E-state index is 11.6. The van der Waals surface area contributed by atoms with Gasteiger partial charge in [-0.05, 0) is 0 Å². The molecule has 1 rings (SSSR count). The summed E-state index contributed by atoms with van der Waals surface area (Å²) in [6.45, 7) is 1.90. The Morgan fingerprint density at radius 1 is 1.12 bits per heavy atom. The highest BCUT2D eigenvalue weighted by molar-refractivity contribution is 8.20. The van der Waals surface area contributed by atoms with Gasteiger partial charge in [-0.25, -0.2) is 0 Å². The molecule has 1 fully saturated rings. The van der Waals surface area contributed by atoms with E-state index in [-0.39, 0.29) is 10.5 Å². The lowest BCUT2D eigenvalue weighted by Crippen LogP contribution is -2.35. The van der Waals surface area contributed by atoms with Crippen molar-refractivity contribution >= 4 is 35.5 Å². The van der Waals surface area contributed by atoms with Gasteiger partial charge in [-0.3, -0.25) is 9.59 Å². The third kappa shape index (κ3) is 3.07. The van der Waals surface area contributed by atoms with Crippen LogP contribution in [0.4, 0.5) is 0 Å². The van der Waals surface area contributed by atoms with Gasteiger partial charge in [0.1, 0.15) is 0 Å². The molecule has 16 heavy (non-hydrogen) atoms. The normalized spacial score (nSPS) is 18.5. The Hall–Kier alpha value is -0.360. The first-order valence-electron chi connectivity index (χ1n) is 5.00. The largest absolute Gasteiger partial charge is 0.468 e. The van der Waals surface area contributed by atoms with Crippen molar-refractivity contribution in [1.82, 2.24) is 0 Å². The third-order valence-corrected chi connectivity index (χ3v) is 5.98. The van der Waals surface area contributed by atoms with Gasteiger partial charge < -0.3 is 9.47 Å². The molecule has 1 saturated heterocycles. The molecule has 0 spiro atoms. The summed E-state index contributed by atoms with van der Waals surface area (Å²) in [6, 6.07) is 0. The Bertz CT molecular complexity index is 248. The van der Waals surface area contributed by atoms with E-state index in [9.17, 15) is 9.59 Å². The second-order valence-electron chi connectivity index (χ2n) is 3.49. The SMILES string of the molecule is COC(=O)C(C(=O)OC)[C@@H](C)C1SCCS1. The fraction of sp³-hybridized carbons (Fsp3) is 0.800. The van der Waals surface area contributed by atoms with Crippen LogP contribution in [0.3, 0.4) is 0 Å². The first-order chi connectivity index (χ1) is 7.61. The van der Waals surface area contributed by atoms with Gasteiger partial charge in [0.2, 0.25) is 0 Å². The predicted octanol–water partition coefficient (Wildman–Crippen LogP) is 1.39. The van der Waals surface area contributed by atoms with Gasteiger partial charge >= 0.3 is 11.9 Å². The van der Waals surface area contributed by atoms with Crippen molar-refractivity contribution in [3.63, 3.8) is 0 Å². The number of esters is 2. The van der Waals surface area contributed by atoms with Crippen LogP contribution in [0.15, 0.2) is 0 Å². The van der Waals surface area contributed by atoms with E-state index in [4.69, 9.17) is 0 Å². The molecule has 0 unspecified atom stereocenters. The van der Waals surface area contributed by atoms with Crippen LogP contribution in [-0.2, 0) is 19.1 Å². The molecule has 0 N–H and O–H groups in total. The number of thioether (sulfide) groups is 2. The van der Waals surface area contributed by atoms with Gasteiger partial charge in [-0.2, -0.15) is 0 Å². The number of hydrogen-bond donors (Lipinski definition) is 0. The quantitative estimate of drug-likeness (QED) is 0.565. The molecule has 1 atom stereocenters. The molecule has 0 aromatic heterocycles. The number of methoxy groups -OCH3 is 2. The Morgan fingerprint density at radius 3 is 1.94 bits per heavy atom. The lowest BCUT2D eigenvalue weighted by atomic mass is 9.96. The van der Waals surface area contributed by atoms with Crippen LogP contribution < -0.4 is 0 Å². The molecule has 0 aromatic carbocycles. The average Bonchev–Trinajstić information content (AvgIpc) is 2.81. The Kier molecular flexibility index (Phi) is 5.48. The van der Waals surface area contributed by atoms with E-state index in [2.05, 4.69) is 9.47 Å². The zero-order chi connectivity index (χ0) is 12.1. The maximum absolute atomic E-state index is 11.6. The number of carbonyl (C=O) groups excluding carboxylic acids is 2. The highest BCUT2D eigenvalue weighted by Gasteiger charge is 2.39. The predicted molar refractivity (Wildman–Crippen MR) is 65.4 cm³/mol. The van der Waals surface area contributed by atoms with Crippen molar-refractivity contribution in [1.29, 1.82) is 0 Å². The van der Waals surface area contributed by atoms with Crippen molar-refractivity contribution in [3.05, 3.63) is 0 Å². The minimum Gasteiger partial charge on any atom is -0.468 e. The van der Waals surface area contributed by atoms with Crippen molar-refractivity contribution in [2.45, 2.75) is 11.5 Å². The number of hydrogen-bond acceptors (Lipinski definition) is 6. The summed E-state index contributed by atoms with van der Waals surface area (Å²) in [5.74, 6) is 0.235. The summed E-state index contributed by atoms with van der Waals surface area (Å²) in [4.78, 5) is 23.1. The first kappa shape index (κ1) is 13.7. The van der Waals surface area contributed by atoms with Gasteiger partial charge in [0, 0.05) is 17.4 Å². The molecule has 0 bridgehead atoms. The lowest BCUT2D eigenvalue weighted by molar-refractivity contribution is -0.160. The number of ether oxygens (including phenoxy) is 2. The summed E-state index contributed by atoms with van der Waals surface area (Å²) < 4.78 is 9.58. The van der Waals surface area contributed by atoms with E-state index in [0.29, 0.717) is 0 Å². The van der Waals surface area contributed by atoms with E-state index >= 15 is 0 Å². The molecule has 1 heterocycles. The smallest absolute Gasteiger partial charge is 0.320 e. The standard InChI is InChI=1S/C10H16O4S2/c1-6(10-15-4-5-16-10)7(8(11)13-2)9(12)14-3/h6-7,10H,4-5H2,1-3H3/t6-/m1/s1. The zero-order valence-electron chi connectivity index (χ0n) is 9.60. The van der Waals surface area contributed by atoms with Crippen LogP contribution in [0, 0.1) is 11.8 Å². The minimum absolute atomic E-state index is 0.0719. The molecule has 4 nitrogen and oxygen atoms in total. The van der Waals surface area contributed by atoms with E-state index in [1.54, 1.807) is 23.5 Å². The fourth-order valence-electron chi connectivity index (χ4n) is 1.62. The number of carbonyl (C=O) groups is 2. The van der Waals surface area contributed by atoms with Gasteiger partial charge in [-0.15, -0.1) is 23.5 Å². The average molecular weight is 264 g/mol. The fourth-order valence-corrected chi connectivity index (χ4v) is 4.73. The van der Waals surface area contributed by atoms with Gasteiger partial charge in [0.25, 0.3) is 0 Å². The van der Waals surface area contributed by atoms with Crippen LogP contribution >= 0.6 is 23.5 Å². The summed E-state index contributed by atoms with van der Waals surface area (Å²) in [7, 11) is 2.58. The molecule has 92 valence electrons. The third-order valence-electron chi connectivity index (χ3n) is 2.51. The van der Waals surface area contributed by atoms with Crippen LogP contribution in [0.2, 0.25) is 0 Å². The number of rotatable bonds is 4. The Balaban J connectivity index is 2.74. The van der Waals surface area contributed by atoms with Gasteiger partial charge in [0.05, 0.1) is 18.8 Å². The molecule has 0 amide bonds. The molecule has 1 aliphatic heterocycles. The highest BCUT2D eigenvalue weighted by Crippen LogP contribution is 2.40. The maximum Gasteiger partial charge on any atom is 0.320 e. The van der Waals surface area contributed by atoms with Crippen molar-refractivity contribution in [3.8, 4) is 0 Å². The van der Waals surface area contributed by atoms with Gasteiger partial charge in [-0.1, -0.05) is 6.92 Å². The molecule has 1 aliphatic rings. The summed E-state index contributed by atoms with van der Waals surface area (Å²) in [5.41, 5.74) is 0. The monoisotopic (exact) mass is 264 g/mol. The summed E-state index contributed by atoms with van der Waals surface area (Å²) in [5, 5.41) is 0. The van der Waals surface area contributed by atoms with E-state index in [1.807, 2.05) is 6.92 Å². The highest BCUT2D eigenvalue weighted by atomic mass is 32.2. The topological polar surface area (TPSA) is 52.6 Å². The molecule has 0 aliphatic carbocycles. The van der Waals surface area contributed by atoms with E-state index in [1.165, 1.54) is 14.2 Å². The molecular weight excluding hydrogens is 248 g/mol. The molecule has 6 heteroatoms. The first-order valence-corrected chi connectivity index (χ1v) is 7.10. The van der Waals surface area contributed by atoms with Crippen LogP contribution in [0.25, 0.3) is 0 Å². The second kappa shape index (κ2) is 6.39. The van der Waals surface area contributed by atoms with E-state index in [0.717, 1.165) is 11.5 Å². The zero-order valence-corrected chi connectivity index (χ0v) is 11.2. The minimum atomic E-state index is -0.807. The van der Waals surface area contributed by atoms with Crippen LogP contribution in [0.1, 0.15) is 6.92 Å². The summed E-state index contributed by atoms with van der Waals surface area (Å²) in [6.07, 6.45) is 0. The summed E-state index contributed by atoms with van der Waals surface area (Å²) >= 11 is 3.56. The van der Waals surface area contributed by atoms with E-state index < -0.39 is 17.9 Å². The molecule has 0 aromatic rings. The van der Waals surface area contributed by atoms with Crippen molar-refractivity contribution in [2.24, 2.45) is 11.8 Å².